The van der Waals surface area contributed by atoms with E-state index in [0.29, 0.717) is 18.9 Å². The van der Waals surface area contributed by atoms with E-state index in [2.05, 4.69) is 5.32 Å². The van der Waals surface area contributed by atoms with E-state index in [1.807, 2.05) is 16.8 Å². The number of ether oxygens (including phenoxy) is 1. The number of hydrogen-bond acceptors (Lipinski definition) is 5. The van der Waals surface area contributed by atoms with Crippen LogP contribution in [0.1, 0.15) is 11.1 Å². The number of thiophene rings is 1. The monoisotopic (exact) mass is 278 g/mol. The summed E-state index contributed by atoms with van der Waals surface area (Å²) in [4.78, 5) is 10.4. The van der Waals surface area contributed by atoms with Gasteiger partial charge in [0.1, 0.15) is 12.4 Å². The van der Waals surface area contributed by atoms with Crippen LogP contribution in [0.15, 0.2) is 35.0 Å². The van der Waals surface area contributed by atoms with Crippen LogP contribution in [0, 0.1) is 10.1 Å². The average Bonchev–Trinajstić information content (AvgIpc) is 2.90. The van der Waals surface area contributed by atoms with Crippen molar-refractivity contribution in [3.05, 3.63) is 56.3 Å². The van der Waals surface area contributed by atoms with Crippen molar-refractivity contribution in [2.24, 2.45) is 0 Å². The number of nitrogens with zero attached hydrogens (tertiary/aromatic N) is 1. The van der Waals surface area contributed by atoms with Crippen LogP contribution < -0.4 is 10.1 Å². The summed E-state index contributed by atoms with van der Waals surface area (Å²) >= 11 is 1.61. The molecule has 0 amide bonds. The maximum atomic E-state index is 10.8. The molecule has 0 aliphatic carbocycles. The standard InChI is InChI=1S/C13H14N2O3S/c1-14-7-11-6-12(15(16)17)2-3-13(11)18-8-10-4-5-19-9-10/h2-6,9,14H,7-8H2,1H3. The molecule has 6 heteroatoms. The minimum Gasteiger partial charge on any atom is -0.489 e. The molecule has 0 saturated carbocycles. The van der Waals surface area contributed by atoms with Gasteiger partial charge in [-0.1, -0.05) is 0 Å². The Kier molecular flexibility index (Phi) is 4.48. The summed E-state index contributed by atoms with van der Waals surface area (Å²) in [5.74, 6) is 0.672. The van der Waals surface area contributed by atoms with Gasteiger partial charge in [-0.25, -0.2) is 0 Å². The third kappa shape index (κ3) is 3.52. The molecule has 5 nitrogen and oxygen atoms in total. The first-order chi connectivity index (χ1) is 9.20. The lowest BCUT2D eigenvalue weighted by Gasteiger charge is -2.10. The van der Waals surface area contributed by atoms with Gasteiger partial charge in [0.25, 0.3) is 5.69 Å². The molecule has 1 aromatic carbocycles. The van der Waals surface area contributed by atoms with E-state index in [4.69, 9.17) is 4.74 Å². The predicted molar refractivity (Wildman–Crippen MR) is 74.5 cm³/mol. The van der Waals surface area contributed by atoms with Gasteiger partial charge in [0.15, 0.2) is 0 Å². The zero-order valence-corrected chi connectivity index (χ0v) is 11.3. The topological polar surface area (TPSA) is 64.4 Å². The summed E-state index contributed by atoms with van der Waals surface area (Å²) in [5, 5.41) is 17.7. The molecule has 19 heavy (non-hydrogen) atoms. The van der Waals surface area contributed by atoms with Crippen molar-refractivity contribution in [3.8, 4) is 5.75 Å². The molecule has 0 fully saturated rings. The van der Waals surface area contributed by atoms with Crippen LogP contribution >= 0.6 is 11.3 Å². The number of hydrogen-bond donors (Lipinski definition) is 1. The summed E-state index contributed by atoms with van der Waals surface area (Å²) in [7, 11) is 1.79. The zero-order valence-electron chi connectivity index (χ0n) is 10.5. The van der Waals surface area contributed by atoms with E-state index in [1.54, 1.807) is 30.5 Å². The molecule has 0 aliphatic heterocycles. The van der Waals surface area contributed by atoms with Crippen LogP contribution in [0.2, 0.25) is 0 Å². The van der Waals surface area contributed by atoms with Gasteiger partial charge in [-0.3, -0.25) is 10.1 Å². The van der Waals surface area contributed by atoms with Gasteiger partial charge in [0.2, 0.25) is 0 Å². The summed E-state index contributed by atoms with van der Waals surface area (Å²) in [5.41, 5.74) is 1.96. The minimum absolute atomic E-state index is 0.0770. The highest BCUT2D eigenvalue weighted by Crippen LogP contribution is 2.25. The van der Waals surface area contributed by atoms with Gasteiger partial charge < -0.3 is 10.1 Å². The van der Waals surface area contributed by atoms with E-state index in [-0.39, 0.29) is 5.69 Å². The average molecular weight is 278 g/mol. The number of benzene rings is 1. The maximum absolute atomic E-state index is 10.8. The van der Waals surface area contributed by atoms with Gasteiger partial charge in [-0.05, 0) is 35.5 Å². The number of nitro benzene ring substituents is 1. The Morgan fingerprint density at radius 3 is 2.89 bits per heavy atom. The van der Waals surface area contributed by atoms with Gasteiger partial charge in [0.05, 0.1) is 4.92 Å². The lowest BCUT2D eigenvalue weighted by molar-refractivity contribution is -0.384. The first-order valence-electron chi connectivity index (χ1n) is 5.76. The van der Waals surface area contributed by atoms with Crippen LogP contribution in [-0.4, -0.2) is 12.0 Å². The Bertz CT molecular complexity index is 555. The molecule has 0 spiro atoms. The molecular formula is C13H14N2O3S. The smallest absolute Gasteiger partial charge is 0.270 e. The second-order valence-corrected chi connectivity index (χ2v) is 4.78. The first kappa shape index (κ1) is 13.5. The molecule has 0 unspecified atom stereocenters. The van der Waals surface area contributed by atoms with Crippen LogP contribution in [0.25, 0.3) is 0 Å². The first-order valence-corrected chi connectivity index (χ1v) is 6.71. The molecule has 0 atom stereocenters. The number of non-ortho nitro benzene ring substituents is 1. The molecule has 100 valence electrons. The Balaban J connectivity index is 2.16. The van der Waals surface area contributed by atoms with E-state index >= 15 is 0 Å². The Hall–Kier alpha value is -1.92. The normalized spacial score (nSPS) is 10.4. The number of nitro groups is 1. The van der Waals surface area contributed by atoms with E-state index in [1.165, 1.54) is 6.07 Å². The lowest BCUT2D eigenvalue weighted by atomic mass is 10.1. The van der Waals surface area contributed by atoms with Crippen molar-refractivity contribution in [1.29, 1.82) is 0 Å². The molecule has 1 heterocycles. The fourth-order valence-electron chi connectivity index (χ4n) is 1.68. The van der Waals surface area contributed by atoms with Crippen molar-refractivity contribution in [2.45, 2.75) is 13.2 Å². The third-order valence-corrected chi connectivity index (χ3v) is 3.33. The second kappa shape index (κ2) is 6.31. The molecule has 0 bridgehead atoms. The molecule has 0 aliphatic rings. The fraction of sp³-hybridized carbons (Fsp3) is 0.231. The zero-order chi connectivity index (χ0) is 13.7. The second-order valence-electron chi connectivity index (χ2n) is 4.00. The highest BCUT2D eigenvalue weighted by atomic mass is 32.1. The van der Waals surface area contributed by atoms with Gasteiger partial charge in [-0.2, -0.15) is 11.3 Å². The fourth-order valence-corrected chi connectivity index (χ4v) is 2.34. The van der Waals surface area contributed by atoms with Crippen LogP contribution in [-0.2, 0) is 13.2 Å². The summed E-state index contributed by atoms with van der Waals surface area (Å²) < 4.78 is 5.71. The number of rotatable bonds is 6. The quantitative estimate of drug-likeness (QED) is 0.651. The predicted octanol–water partition coefficient (Wildman–Crippen LogP) is 2.95. The minimum atomic E-state index is -0.401. The third-order valence-electron chi connectivity index (χ3n) is 2.60. The Morgan fingerprint density at radius 2 is 2.26 bits per heavy atom. The Morgan fingerprint density at radius 1 is 1.42 bits per heavy atom. The summed E-state index contributed by atoms with van der Waals surface area (Å²) in [6.45, 7) is 0.999. The van der Waals surface area contributed by atoms with Crippen molar-refractivity contribution in [1.82, 2.24) is 5.32 Å². The van der Waals surface area contributed by atoms with E-state index < -0.39 is 4.92 Å². The number of nitrogens with one attached hydrogen (secondary N) is 1. The van der Waals surface area contributed by atoms with Crippen molar-refractivity contribution in [3.63, 3.8) is 0 Å². The molecule has 1 N–H and O–H groups in total. The van der Waals surface area contributed by atoms with Crippen molar-refractivity contribution in [2.75, 3.05) is 7.05 Å². The van der Waals surface area contributed by atoms with E-state index in [0.717, 1.165) is 11.1 Å². The SMILES string of the molecule is CNCc1cc([N+](=O)[O-])ccc1OCc1ccsc1. The lowest BCUT2D eigenvalue weighted by Crippen LogP contribution is -2.08. The van der Waals surface area contributed by atoms with Gasteiger partial charge in [-0.15, -0.1) is 0 Å². The summed E-state index contributed by atoms with van der Waals surface area (Å²) in [6, 6.07) is 6.65. The maximum Gasteiger partial charge on any atom is 0.270 e. The molecule has 0 radical (unpaired) electrons. The van der Waals surface area contributed by atoms with Crippen LogP contribution in [0.5, 0.6) is 5.75 Å². The van der Waals surface area contributed by atoms with Crippen LogP contribution in [0.4, 0.5) is 5.69 Å². The van der Waals surface area contributed by atoms with Crippen LogP contribution in [0.3, 0.4) is 0 Å². The molecule has 1 aromatic heterocycles. The largest absolute Gasteiger partial charge is 0.489 e. The van der Waals surface area contributed by atoms with Gasteiger partial charge >= 0.3 is 0 Å². The molecule has 2 aromatic rings. The van der Waals surface area contributed by atoms with Gasteiger partial charge in [0, 0.05) is 24.2 Å². The highest BCUT2D eigenvalue weighted by molar-refractivity contribution is 7.07. The summed E-state index contributed by atoms with van der Waals surface area (Å²) in [6.07, 6.45) is 0. The Labute approximate surface area is 115 Å². The van der Waals surface area contributed by atoms with E-state index in [9.17, 15) is 10.1 Å². The molecule has 2 rings (SSSR count). The van der Waals surface area contributed by atoms with Crippen molar-refractivity contribution >= 4 is 17.0 Å². The molecular weight excluding hydrogens is 264 g/mol. The molecule has 0 saturated heterocycles. The van der Waals surface area contributed by atoms with Crippen molar-refractivity contribution < 1.29 is 9.66 Å². The highest BCUT2D eigenvalue weighted by Gasteiger charge is 2.11.